The van der Waals surface area contributed by atoms with E-state index in [1.165, 1.54) is 11.1 Å². The highest BCUT2D eigenvalue weighted by atomic mass is 16.5. The number of nitrogens with one attached hydrogen (secondary N) is 1. The Balaban J connectivity index is 1.84. The standard InChI is InChI=1S/C19H23N3O2/c1-22(2)18-16(7-5-11-20-18)19(23)21-17-8-4-6-13-12-14(24-3)9-10-15(13)17/h5,7,9-12,17H,4,6,8H2,1-3H3,(H,21,23)/t17-/m0/s1. The maximum Gasteiger partial charge on any atom is 0.255 e. The van der Waals surface area contributed by atoms with E-state index in [4.69, 9.17) is 4.74 Å². The van der Waals surface area contributed by atoms with Gasteiger partial charge < -0.3 is 15.0 Å². The van der Waals surface area contributed by atoms with Crippen molar-refractivity contribution >= 4 is 11.7 Å². The third-order valence-corrected chi connectivity index (χ3v) is 4.42. The molecule has 0 aliphatic heterocycles. The first kappa shape index (κ1) is 16.3. The van der Waals surface area contributed by atoms with E-state index >= 15 is 0 Å². The number of carbonyl (C=O) groups excluding carboxylic acids is 1. The second-order valence-corrected chi connectivity index (χ2v) is 6.25. The molecule has 3 rings (SSSR count). The first-order chi connectivity index (χ1) is 11.6. The lowest BCUT2D eigenvalue weighted by Crippen LogP contribution is -2.32. The summed E-state index contributed by atoms with van der Waals surface area (Å²) in [5.41, 5.74) is 3.04. The average Bonchev–Trinajstić information content (AvgIpc) is 2.61. The Morgan fingerprint density at radius 2 is 2.17 bits per heavy atom. The number of hydrogen-bond acceptors (Lipinski definition) is 4. The molecular weight excluding hydrogens is 302 g/mol. The number of aromatic nitrogens is 1. The highest BCUT2D eigenvalue weighted by Gasteiger charge is 2.24. The van der Waals surface area contributed by atoms with Crippen LogP contribution in [0, 0.1) is 0 Å². The van der Waals surface area contributed by atoms with Crippen LogP contribution in [0.4, 0.5) is 5.82 Å². The number of hydrogen-bond donors (Lipinski definition) is 1. The van der Waals surface area contributed by atoms with E-state index in [9.17, 15) is 4.79 Å². The van der Waals surface area contributed by atoms with Crippen molar-refractivity contribution in [1.82, 2.24) is 10.3 Å². The number of pyridine rings is 1. The fraction of sp³-hybridized carbons (Fsp3) is 0.368. The minimum atomic E-state index is -0.0829. The molecule has 0 spiro atoms. The summed E-state index contributed by atoms with van der Waals surface area (Å²) in [5, 5.41) is 3.18. The highest BCUT2D eigenvalue weighted by molar-refractivity contribution is 5.99. The molecule has 1 aromatic heterocycles. The monoisotopic (exact) mass is 325 g/mol. The fourth-order valence-electron chi connectivity index (χ4n) is 3.23. The topological polar surface area (TPSA) is 54.5 Å². The number of ether oxygens (including phenoxy) is 1. The smallest absolute Gasteiger partial charge is 0.255 e. The molecule has 1 aliphatic carbocycles. The second kappa shape index (κ2) is 6.91. The van der Waals surface area contributed by atoms with Gasteiger partial charge in [0.25, 0.3) is 5.91 Å². The molecule has 0 saturated carbocycles. The van der Waals surface area contributed by atoms with Crippen molar-refractivity contribution in [3.8, 4) is 5.75 Å². The fourth-order valence-corrected chi connectivity index (χ4v) is 3.23. The SMILES string of the molecule is COc1ccc2c(c1)CCC[C@@H]2NC(=O)c1cccnc1N(C)C. The van der Waals surface area contributed by atoms with Crippen LogP contribution in [-0.2, 0) is 6.42 Å². The molecule has 1 aliphatic rings. The average molecular weight is 325 g/mol. The Labute approximate surface area is 142 Å². The number of amides is 1. The van der Waals surface area contributed by atoms with Gasteiger partial charge in [-0.15, -0.1) is 0 Å². The molecule has 126 valence electrons. The number of nitrogens with zero attached hydrogens (tertiary/aromatic N) is 2. The molecule has 1 heterocycles. The summed E-state index contributed by atoms with van der Waals surface area (Å²) in [6, 6.07) is 9.73. The summed E-state index contributed by atoms with van der Waals surface area (Å²) in [7, 11) is 5.46. The maximum atomic E-state index is 12.8. The number of aryl methyl sites for hydroxylation is 1. The van der Waals surface area contributed by atoms with Gasteiger partial charge in [0.05, 0.1) is 18.7 Å². The Morgan fingerprint density at radius 1 is 1.33 bits per heavy atom. The van der Waals surface area contributed by atoms with Crippen LogP contribution < -0.4 is 15.0 Å². The number of carbonyl (C=O) groups is 1. The van der Waals surface area contributed by atoms with Crippen LogP contribution in [0.2, 0.25) is 0 Å². The Morgan fingerprint density at radius 3 is 2.92 bits per heavy atom. The number of rotatable bonds is 4. The predicted octanol–water partition coefficient (Wildman–Crippen LogP) is 2.96. The molecule has 0 fully saturated rings. The van der Waals surface area contributed by atoms with E-state index in [0.29, 0.717) is 11.4 Å². The van der Waals surface area contributed by atoms with E-state index in [2.05, 4.69) is 22.4 Å². The normalized spacial score (nSPS) is 16.2. The molecule has 1 amide bonds. The molecule has 0 saturated heterocycles. The zero-order valence-electron chi connectivity index (χ0n) is 14.4. The lowest BCUT2D eigenvalue weighted by Gasteiger charge is -2.27. The van der Waals surface area contributed by atoms with Crippen molar-refractivity contribution in [3.05, 3.63) is 53.2 Å². The van der Waals surface area contributed by atoms with Crippen molar-refractivity contribution in [2.24, 2.45) is 0 Å². The van der Waals surface area contributed by atoms with Crippen LogP contribution in [0.5, 0.6) is 5.75 Å². The Kier molecular flexibility index (Phi) is 4.69. The summed E-state index contributed by atoms with van der Waals surface area (Å²) in [4.78, 5) is 18.9. The molecule has 5 heteroatoms. The van der Waals surface area contributed by atoms with Gasteiger partial charge in [-0.05, 0) is 54.7 Å². The molecule has 0 bridgehead atoms. The van der Waals surface area contributed by atoms with E-state index < -0.39 is 0 Å². The van der Waals surface area contributed by atoms with Gasteiger partial charge in [0.1, 0.15) is 11.6 Å². The van der Waals surface area contributed by atoms with Crippen LogP contribution in [0.25, 0.3) is 0 Å². The zero-order valence-corrected chi connectivity index (χ0v) is 14.4. The summed E-state index contributed by atoms with van der Waals surface area (Å²) in [6.45, 7) is 0. The van der Waals surface area contributed by atoms with E-state index in [0.717, 1.165) is 25.0 Å². The summed E-state index contributed by atoms with van der Waals surface area (Å²) in [5.74, 6) is 1.46. The van der Waals surface area contributed by atoms with Crippen LogP contribution >= 0.6 is 0 Å². The second-order valence-electron chi connectivity index (χ2n) is 6.25. The molecule has 1 atom stereocenters. The van der Waals surface area contributed by atoms with Crippen LogP contribution in [0.15, 0.2) is 36.5 Å². The van der Waals surface area contributed by atoms with Gasteiger partial charge in [-0.2, -0.15) is 0 Å². The van der Waals surface area contributed by atoms with E-state index in [-0.39, 0.29) is 11.9 Å². The molecule has 1 aromatic carbocycles. The van der Waals surface area contributed by atoms with E-state index in [1.54, 1.807) is 19.4 Å². The summed E-state index contributed by atoms with van der Waals surface area (Å²) < 4.78 is 5.31. The van der Waals surface area contributed by atoms with Gasteiger partial charge in [-0.1, -0.05) is 6.07 Å². The predicted molar refractivity (Wildman–Crippen MR) is 94.7 cm³/mol. The van der Waals surface area contributed by atoms with Gasteiger partial charge in [0.2, 0.25) is 0 Å². The Hall–Kier alpha value is -2.56. The minimum absolute atomic E-state index is 0.0300. The van der Waals surface area contributed by atoms with E-state index in [1.807, 2.05) is 31.1 Å². The number of anilines is 1. The van der Waals surface area contributed by atoms with Gasteiger partial charge in [-0.25, -0.2) is 4.98 Å². The molecule has 2 aromatic rings. The first-order valence-corrected chi connectivity index (χ1v) is 8.20. The Bertz CT molecular complexity index is 743. The lowest BCUT2D eigenvalue weighted by molar-refractivity contribution is 0.0933. The zero-order chi connectivity index (χ0) is 17.1. The molecule has 0 unspecified atom stereocenters. The largest absolute Gasteiger partial charge is 0.497 e. The van der Waals surface area contributed by atoms with Crippen molar-refractivity contribution in [1.29, 1.82) is 0 Å². The lowest BCUT2D eigenvalue weighted by atomic mass is 9.87. The minimum Gasteiger partial charge on any atom is -0.497 e. The molecule has 0 radical (unpaired) electrons. The van der Waals surface area contributed by atoms with Crippen LogP contribution in [-0.4, -0.2) is 32.1 Å². The third-order valence-electron chi connectivity index (χ3n) is 4.42. The molecule has 1 N–H and O–H groups in total. The molecule has 5 nitrogen and oxygen atoms in total. The first-order valence-electron chi connectivity index (χ1n) is 8.20. The molecule has 24 heavy (non-hydrogen) atoms. The summed E-state index contributed by atoms with van der Waals surface area (Å²) >= 11 is 0. The molecular formula is C19H23N3O2. The van der Waals surface area contributed by atoms with Crippen LogP contribution in [0.1, 0.15) is 40.4 Å². The number of fused-ring (bicyclic) bond motifs is 1. The quantitative estimate of drug-likeness (QED) is 0.939. The van der Waals surface area contributed by atoms with Crippen molar-refractivity contribution in [2.45, 2.75) is 25.3 Å². The maximum absolute atomic E-state index is 12.8. The van der Waals surface area contributed by atoms with Gasteiger partial charge >= 0.3 is 0 Å². The van der Waals surface area contributed by atoms with Crippen LogP contribution in [0.3, 0.4) is 0 Å². The van der Waals surface area contributed by atoms with Gasteiger partial charge in [0.15, 0.2) is 0 Å². The number of methoxy groups -OCH3 is 1. The summed E-state index contributed by atoms with van der Waals surface area (Å²) in [6.07, 6.45) is 4.73. The van der Waals surface area contributed by atoms with Crippen molar-refractivity contribution in [2.75, 3.05) is 26.1 Å². The van der Waals surface area contributed by atoms with Gasteiger partial charge in [-0.3, -0.25) is 4.79 Å². The third kappa shape index (κ3) is 3.20. The van der Waals surface area contributed by atoms with Gasteiger partial charge in [0, 0.05) is 20.3 Å². The van der Waals surface area contributed by atoms with Crippen molar-refractivity contribution < 1.29 is 9.53 Å². The number of benzene rings is 1. The van der Waals surface area contributed by atoms with Crippen molar-refractivity contribution in [3.63, 3.8) is 0 Å². The highest BCUT2D eigenvalue weighted by Crippen LogP contribution is 2.32.